The molecule has 1 heterocycles. The van der Waals surface area contributed by atoms with Crippen LogP contribution in [0.5, 0.6) is 0 Å². The second kappa shape index (κ2) is 7.14. The van der Waals surface area contributed by atoms with Crippen LogP contribution in [0.3, 0.4) is 0 Å². The first-order valence-corrected chi connectivity index (χ1v) is 7.77. The Morgan fingerprint density at radius 1 is 1.40 bits per heavy atom. The molecule has 1 amide bonds. The highest BCUT2D eigenvalue weighted by Gasteiger charge is 2.31. The third kappa shape index (κ3) is 4.00. The van der Waals surface area contributed by atoms with E-state index in [4.69, 9.17) is 0 Å². The summed E-state index contributed by atoms with van der Waals surface area (Å²) < 4.78 is 0. The molecule has 0 aromatic heterocycles. The van der Waals surface area contributed by atoms with Crippen LogP contribution in [0.4, 0.5) is 0 Å². The minimum atomic E-state index is -0.236. The average molecular weight is 292 g/mol. The smallest absolute Gasteiger partial charge is 0.236 e. The topological polar surface area (TPSA) is 23.6 Å². The molecule has 0 N–H and O–H groups in total. The molecular formula is C16H24N2OS. The molecule has 1 aliphatic rings. The lowest BCUT2D eigenvalue weighted by atomic mass is 10.1. The van der Waals surface area contributed by atoms with Crippen LogP contribution in [0.25, 0.3) is 0 Å². The highest BCUT2D eigenvalue weighted by molar-refractivity contribution is 7.81. The van der Waals surface area contributed by atoms with E-state index in [1.165, 1.54) is 5.56 Å². The number of carbonyl (C=O) groups excluding carboxylic acids is 1. The molecule has 1 aromatic carbocycles. The van der Waals surface area contributed by atoms with Crippen molar-refractivity contribution in [2.24, 2.45) is 0 Å². The first-order chi connectivity index (χ1) is 9.58. The van der Waals surface area contributed by atoms with Crippen molar-refractivity contribution in [3.63, 3.8) is 0 Å². The Bertz CT molecular complexity index is 435. The van der Waals surface area contributed by atoms with Crippen LogP contribution in [0.15, 0.2) is 30.3 Å². The third-order valence-corrected chi connectivity index (χ3v) is 4.20. The number of rotatable bonds is 5. The van der Waals surface area contributed by atoms with E-state index in [-0.39, 0.29) is 11.2 Å². The number of carbonyl (C=O) groups is 1. The molecule has 110 valence electrons. The monoisotopic (exact) mass is 292 g/mol. The van der Waals surface area contributed by atoms with Gasteiger partial charge in [-0.15, -0.1) is 0 Å². The van der Waals surface area contributed by atoms with Crippen LogP contribution in [-0.4, -0.2) is 54.2 Å². The van der Waals surface area contributed by atoms with E-state index in [1.807, 2.05) is 23.1 Å². The fourth-order valence-corrected chi connectivity index (χ4v) is 3.21. The number of hydrogen-bond donors (Lipinski definition) is 1. The molecule has 0 spiro atoms. The minimum absolute atomic E-state index is 0.182. The lowest BCUT2D eigenvalue weighted by Crippen LogP contribution is -2.45. The molecule has 0 radical (unpaired) electrons. The molecule has 1 aliphatic heterocycles. The summed E-state index contributed by atoms with van der Waals surface area (Å²) in [6, 6.07) is 10.5. The lowest BCUT2D eigenvalue weighted by molar-refractivity contribution is -0.131. The van der Waals surface area contributed by atoms with Gasteiger partial charge in [0.2, 0.25) is 5.91 Å². The first-order valence-electron chi connectivity index (χ1n) is 7.25. The van der Waals surface area contributed by atoms with Crippen molar-refractivity contribution in [3.8, 4) is 0 Å². The highest BCUT2D eigenvalue weighted by Crippen LogP contribution is 2.21. The molecule has 0 bridgehead atoms. The van der Waals surface area contributed by atoms with Gasteiger partial charge in [-0.2, -0.15) is 12.6 Å². The molecular weight excluding hydrogens is 268 g/mol. The fraction of sp³-hybridized carbons (Fsp3) is 0.562. The number of likely N-dealkylation sites (tertiary alicyclic amines) is 1. The van der Waals surface area contributed by atoms with Crippen molar-refractivity contribution >= 4 is 18.5 Å². The van der Waals surface area contributed by atoms with Crippen molar-refractivity contribution in [2.75, 3.05) is 27.2 Å². The van der Waals surface area contributed by atoms with E-state index in [2.05, 4.69) is 43.8 Å². The molecule has 0 aliphatic carbocycles. The van der Waals surface area contributed by atoms with Gasteiger partial charge in [-0.25, -0.2) is 0 Å². The van der Waals surface area contributed by atoms with Crippen LogP contribution in [0.1, 0.15) is 18.4 Å². The summed E-state index contributed by atoms with van der Waals surface area (Å²) >= 11 is 4.54. The van der Waals surface area contributed by atoms with Crippen molar-refractivity contribution < 1.29 is 4.79 Å². The summed E-state index contributed by atoms with van der Waals surface area (Å²) in [6.45, 7) is 1.82. The Morgan fingerprint density at radius 3 is 2.75 bits per heavy atom. The summed E-state index contributed by atoms with van der Waals surface area (Å²) in [5.74, 6) is 0.182. The van der Waals surface area contributed by atoms with E-state index >= 15 is 0 Å². The molecule has 2 atom stereocenters. The van der Waals surface area contributed by atoms with Crippen molar-refractivity contribution in [1.82, 2.24) is 9.80 Å². The van der Waals surface area contributed by atoms with Crippen molar-refractivity contribution in [2.45, 2.75) is 30.6 Å². The summed E-state index contributed by atoms with van der Waals surface area (Å²) in [5, 5.41) is -0.236. The average Bonchev–Trinajstić information content (AvgIpc) is 2.86. The SMILES string of the molecule is CN(C)CC1CCCN1C(=O)C(S)Cc1ccccc1. The van der Waals surface area contributed by atoms with Crippen LogP contribution in [0, 0.1) is 0 Å². The van der Waals surface area contributed by atoms with Crippen LogP contribution in [-0.2, 0) is 11.2 Å². The summed E-state index contributed by atoms with van der Waals surface area (Å²) in [5.41, 5.74) is 1.17. The zero-order valence-electron chi connectivity index (χ0n) is 12.3. The van der Waals surface area contributed by atoms with Gasteiger partial charge in [0, 0.05) is 19.1 Å². The molecule has 2 unspecified atom stereocenters. The zero-order chi connectivity index (χ0) is 14.5. The molecule has 20 heavy (non-hydrogen) atoms. The Morgan fingerprint density at radius 2 is 2.10 bits per heavy atom. The fourth-order valence-electron chi connectivity index (χ4n) is 2.85. The lowest BCUT2D eigenvalue weighted by Gasteiger charge is -2.29. The largest absolute Gasteiger partial charge is 0.337 e. The van der Waals surface area contributed by atoms with E-state index in [1.54, 1.807) is 0 Å². The number of likely N-dealkylation sites (N-methyl/N-ethyl adjacent to an activating group) is 1. The Hall–Kier alpha value is -1.00. The van der Waals surface area contributed by atoms with E-state index in [0.717, 1.165) is 25.9 Å². The minimum Gasteiger partial charge on any atom is -0.337 e. The third-order valence-electron chi connectivity index (χ3n) is 3.79. The number of hydrogen-bond acceptors (Lipinski definition) is 3. The van der Waals surface area contributed by atoms with Gasteiger partial charge >= 0.3 is 0 Å². The predicted octanol–water partition coefficient (Wildman–Crippen LogP) is 2.08. The quantitative estimate of drug-likeness (QED) is 0.840. The maximum atomic E-state index is 12.6. The normalized spacial score (nSPS) is 20.4. The van der Waals surface area contributed by atoms with Crippen molar-refractivity contribution in [3.05, 3.63) is 35.9 Å². The number of nitrogens with zero attached hydrogens (tertiary/aromatic N) is 2. The first kappa shape index (κ1) is 15.4. The van der Waals surface area contributed by atoms with Gasteiger partial charge in [-0.1, -0.05) is 30.3 Å². The summed E-state index contributed by atoms with van der Waals surface area (Å²) in [6.07, 6.45) is 2.92. The van der Waals surface area contributed by atoms with Gasteiger partial charge in [-0.3, -0.25) is 4.79 Å². The number of thiol groups is 1. The molecule has 3 nitrogen and oxygen atoms in total. The molecule has 4 heteroatoms. The van der Waals surface area contributed by atoms with Gasteiger partial charge in [0.25, 0.3) is 0 Å². The van der Waals surface area contributed by atoms with E-state index in [9.17, 15) is 4.79 Å². The zero-order valence-corrected chi connectivity index (χ0v) is 13.2. The molecule has 1 aromatic rings. The van der Waals surface area contributed by atoms with Crippen LogP contribution >= 0.6 is 12.6 Å². The Balaban J connectivity index is 1.95. The molecule has 1 saturated heterocycles. The molecule has 2 rings (SSSR count). The maximum Gasteiger partial charge on any atom is 0.236 e. The second-order valence-corrected chi connectivity index (χ2v) is 6.42. The van der Waals surface area contributed by atoms with Gasteiger partial charge in [0.15, 0.2) is 0 Å². The second-order valence-electron chi connectivity index (χ2n) is 5.80. The highest BCUT2D eigenvalue weighted by atomic mass is 32.1. The van der Waals surface area contributed by atoms with Gasteiger partial charge in [-0.05, 0) is 38.9 Å². The Kier molecular flexibility index (Phi) is 5.49. The summed E-state index contributed by atoms with van der Waals surface area (Å²) in [7, 11) is 4.12. The molecule has 1 fully saturated rings. The Labute approximate surface area is 127 Å². The van der Waals surface area contributed by atoms with Gasteiger partial charge in [0.05, 0.1) is 5.25 Å². The van der Waals surface area contributed by atoms with Gasteiger partial charge < -0.3 is 9.80 Å². The predicted molar refractivity (Wildman–Crippen MR) is 86.2 cm³/mol. The van der Waals surface area contributed by atoms with Gasteiger partial charge in [0.1, 0.15) is 0 Å². The van der Waals surface area contributed by atoms with Crippen molar-refractivity contribution in [1.29, 1.82) is 0 Å². The number of amides is 1. The summed E-state index contributed by atoms with van der Waals surface area (Å²) in [4.78, 5) is 16.8. The number of benzene rings is 1. The molecule has 0 saturated carbocycles. The van der Waals surface area contributed by atoms with E-state index < -0.39 is 0 Å². The van der Waals surface area contributed by atoms with Crippen LogP contribution in [0.2, 0.25) is 0 Å². The standard InChI is InChI=1S/C16H24N2OS/c1-17(2)12-14-9-6-10-18(14)16(19)15(20)11-13-7-4-3-5-8-13/h3-5,7-8,14-15,20H,6,9-12H2,1-2H3. The van der Waals surface area contributed by atoms with E-state index in [0.29, 0.717) is 12.5 Å². The maximum absolute atomic E-state index is 12.6. The van der Waals surface area contributed by atoms with Crippen LogP contribution < -0.4 is 0 Å².